The number of alkyl halides is 3. The summed E-state index contributed by atoms with van der Waals surface area (Å²) in [6.45, 7) is 0.447. The second kappa shape index (κ2) is 9.10. The van der Waals surface area contributed by atoms with E-state index in [2.05, 4.69) is 10.6 Å². The van der Waals surface area contributed by atoms with Gasteiger partial charge < -0.3 is 10.6 Å². The van der Waals surface area contributed by atoms with Gasteiger partial charge in [0.2, 0.25) is 0 Å². The number of nitriles is 1. The van der Waals surface area contributed by atoms with Crippen molar-refractivity contribution < 1.29 is 18.0 Å². The minimum Gasteiger partial charge on any atom is -0.389 e. The quantitative estimate of drug-likeness (QED) is 0.430. The van der Waals surface area contributed by atoms with Gasteiger partial charge in [0.15, 0.2) is 0 Å². The van der Waals surface area contributed by atoms with Crippen molar-refractivity contribution in [2.75, 3.05) is 11.9 Å². The van der Waals surface area contributed by atoms with Crippen molar-refractivity contribution in [2.45, 2.75) is 12.6 Å². The largest absolute Gasteiger partial charge is 0.416 e. The number of rotatable bonds is 6. The van der Waals surface area contributed by atoms with Gasteiger partial charge in [0.05, 0.1) is 5.56 Å². The van der Waals surface area contributed by atoms with E-state index < -0.39 is 17.6 Å². The zero-order valence-electron chi connectivity index (χ0n) is 14.0. The van der Waals surface area contributed by atoms with Crippen LogP contribution in [0.5, 0.6) is 0 Å². The number of anilines is 1. The number of hydrogen-bond donors (Lipinski definition) is 2. The standard InChI is InChI=1S/C19H15ClF3N3O/c20-16-5-1-3-13(9-16)7-8-25-12-14(11-24)18(27)26-17-6-2-4-15(10-17)19(21,22)23/h1-6,9-10,12,25H,7-8H2,(H,26,27)/b14-12-. The second-order valence-corrected chi connectivity index (χ2v) is 5.97. The van der Waals surface area contributed by atoms with Gasteiger partial charge in [0.1, 0.15) is 11.6 Å². The molecule has 0 atom stereocenters. The van der Waals surface area contributed by atoms with E-state index in [0.29, 0.717) is 18.0 Å². The third-order valence-electron chi connectivity index (χ3n) is 3.51. The molecule has 0 spiro atoms. The normalized spacial score (nSPS) is 11.6. The molecular formula is C19H15ClF3N3O. The Morgan fingerprint density at radius 2 is 1.93 bits per heavy atom. The highest BCUT2D eigenvalue weighted by Crippen LogP contribution is 2.30. The predicted molar refractivity (Wildman–Crippen MR) is 96.9 cm³/mol. The van der Waals surface area contributed by atoms with E-state index in [9.17, 15) is 18.0 Å². The van der Waals surface area contributed by atoms with Gasteiger partial charge in [-0.1, -0.05) is 29.8 Å². The first-order valence-electron chi connectivity index (χ1n) is 7.86. The Balaban J connectivity index is 1.95. The number of halogens is 4. The molecule has 0 saturated heterocycles. The first-order valence-corrected chi connectivity index (χ1v) is 8.24. The van der Waals surface area contributed by atoms with Crippen LogP contribution in [0.4, 0.5) is 18.9 Å². The lowest BCUT2D eigenvalue weighted by atomic mass is 10.1. The van der Waals surface area contributed by atoms with Gasteiger partial charge >= 0.3 is 6.18 Å². The number of nitrogens with one attached hydrogen (secondary N) is 2. The van der Waals surface area contributed by atoms with Crippen molar-refractivity contribution >= 4 is 23.2 Å². The lowest BCUT2D eigenvalue weighted by molar-refractivity contribution is -0.137. The Morgan fingerprint density at radius 1 is 1.19 bits per heavy atom. The average molecular weight is 394 g/mol. The summed E-state index contributed by atoms with van der Waals surface area (Å²) in [4.78, 5) is 12.1. The van der Waals surface area contributed by atoms with Crippen molar-refractivity contribution in [1.82, 2.24) is 5.32 Å². The zero-order chi connectivity index (χ0) is 19.9. The first kappa shape index (κ1) is 20.3. The highest BCUT2D eigenvalue weighted by atomic mass is 35.5. The Morgan fingerprint density at radius 3 is 2.59 bits per heavy atom. The molecular weight excluding hydrogens is 379 g/mol. The van der Waals surface area contributed by atoms with Crippen LogP contribution in [0, 0.1) is 11.3 Å². The average Bonchev–Trinajstić information content (AvgIpc) is 2.61. The molecule has 0 unspecified atom stereocenters. The molecule has 0 heterocycles. The molecule has 0 radical (unpaired) electrons. The fraction of sp³-hybridized carbons (Fsp3) is 0.158. The van der Waals surface area contributed by atoms with Crippen LogP contribution in [-0.4, -0.2) is 12.5 Å². The van der Waals surface area contributed by atoms with Gasteiger partial charge in [-0.15, -0.1) is 0 Å². The van der Waals surface area contributed by atoms with E-state index in [-0.39, 0.29) is 11.3 Å². The molecule has 4 nitrogen and oxygen atoms in total. The summed E-state index contributed by atoms with van der Waals surface area (Å²) >= 11 is 5.89. The molecule has 2 rings (SSSR count). The number of hydrogen-bond acceptors (Lipinski definition) is 3. The van der Waals surface area contributed by atoms with Crippen molar-refractivity contribution in [3.8, 4) is 6.07 Å². The number of benzene rings is 2. The number of carbonyl (C=O) groups excluding carboxylic acids is 1. The van der Waals surface area contributed by atoms with Crippen molar-refractivity contribution in [1.29, 1.82) is 5.26 Å². The summed E-state index contributed by atoms with van der Waals surface area (Å²) in [5.74, 6) is -0.799. The lowest BCUT2D eigenvalue weighted by Crippen LogP contribution is -2.18. The number of amides is 1. The maximum atomic E-state index is 12.7. The third-order valence-corrected chi connectivity index (χ3v) is 3.74. The molecule has 0 fully saturated rings. The minimum absolute atomic E-state index is 0.0464. The number of carbonyl (C=O) groups is 1. The van der Waals surface area contributed by atoms with Crippen LogP contribution in [0.2, 0.25) is 5.02 Å². The Hall–Kier alpha value is -2.98. The molecule has 2 N–H and O–H groups in total. The summed E-state index contributed by atoms with van der Waals surface area (Å²) in [5, 5.41) is 14.8. The minimum atomic E-state index is -4.52. The molecule has 140 valence electrons. The van der Waals surface area contributed by atoms with Crippen LogP contribution in [0.3, 0.4) is 0 Å². The van der Waals surface area contributed by atoms with Gasteiger partial charge in [-0.3, -0.25) is 4.79 Å². The lowest BCUT2D eigenvalue weighted by Gasteiger charge is -2.09. The SMILES string of the molecule is N#C/C(=C/NCCc1cccc(Cl)c1)C(=O)Nc1cccc(C(F)(F)F)c1. The molecule has 0 aliphatic heterocycles. The molecule has 0 aromatic heterocycles. The molecule has 1 amide bonds. The van der Waals surface area contributed by atoms with Crippen LogP contribution in [0.25, 0.3) is 0 Å². The molecule has 0 aliphatic rings. The maximum absolute atomic E-state index is 12.7. The van der Waals surface area contributed by atoms with Crippen molar-refractivity contribution in [3.05, 3.63) is 76.5 Å². The Labute approximate surface area is 159 Å². The zero-order valence-corrected chi connectivity index (χ0v) is 14.7. The maximum Gasteiger partial charge on any atom is 0.416 e. The fourth-order valence-corrected chi connectivity index (χ4v) is 2.42. The topological polar surface area (TPSA) is 64.9 Å². The van der Waals surface area contributed by atoms with Gasteiger partial charge in [-0.25, -0.2) is 0 Å². The highest BCUT2D eigenvalue weighted by Gasteiger charge is 2.30. The van der Waals surface area contributed by atoms with Crippen LogP contribution < -0.4 is 10.6 Å². The van der Waals surface area contributed by atoms with E-state index in [1.807, 2.05) is 12.1 Å². The monoisotopic (exact) mass is 393 g/mol. The Kier molecular flexibility index (Phi) is 6.85. The smallest absolute Gasteiger partial charge is 0.389 e. The predicted octanol–water partition coefficient (Wildman–Crippen LogP) is 4.54. The van der Waals surface area contributed by atoms with Gasteiger partial charge in [-0.05, 0) is 42.3 Å². The number of nitrogens with zero attached hydrogens (tertiary/aromatic N) is 1. The van der Waals surface area contributed by atoms with Crippen molar-refractivity contribution in [2.24, 2.45) is 0 Å². The Bertz CT molecular complexity index is 888. The summed E-state index contributed by atoms with van der Waals surface area (Å²) in [7, 11) is 0. The third kappa shape index (κ3) is 6.35. The summed E-state index contributed by atoms with van der Waals surface area (Å²) in [6.07, 6.45) is -2.67. The van der Waals surface area contributed by atoms with E-state index in [0.717, 1.165) is 17.7 Å². The molecule has 0 saturated carbocycles. The first-order chi connectivity index (χ1) is 12.8. The van der Waals surface area contributed by atoms with Gasteiger partial charge in [0, 0.05) is 23.5 Å². The highest BCUT2D eigenvalue weighted by molar-refractivity contribution is 6.30. The van der Waals surface area contributed by atoms with Gasteiger partial charge in [0.25, 0.3) is 5.91 Å². The molecule has 8 heteroatoms. The summed E-state index contributed by atoms with van der Waals surface area (Å²) in [6, 6.07) is 13.2. The molecule has 0 aliphatic carbocycles. The summed E-state index contributed by atoms with van der Waals surface area (Å²) in [5.41, 5.74) is -0.203. The molecule has 27 heavy (non-hydrogen) atoms. The van der Waals surface area contributed by atoms with E-state index in [1.54, 1.807) is 18.2 Å². The second-order valence-electron chi connectivity index (χ2n) is 5.54. The van der Waals surface area contributed by atoms with E-state index >= 15 is 0 Å². The molecule has 0 bridgehead atoms. The molecule has 2 aromatic carbocycles. The van der Waals surface area contributed by atoms with Crippen LogP contribution in [-0.2, 0) is 17.4 Å². The summed E-state index contributed by atoms with van der Waals surface area (Å²) < 4.78 is 38.1. The van der Waals surface area contributed by atoms with E-state index in [4.69, 9.17) is 16.9 Å². The van der Waals surface area contributed by atoms with Crippen molar-refractivity contribution in [3.63, 3.8) is 0 Å². The van der Waals surface area contributed by atoms with Crippen LogP contribution >= 0.6 is 11.6 Å². The van der Waals surface area contributed by atoms with E-state index in [1.165, 1.54) is 18.3 Å². The van der Waals surface area contributed by atoms with Gasteiger partial charge in [-0.2, -0.15) is 18.4 Å². The van der Waals surface area contributed by atoms with Crippen LogP contribution in [0.1, 0.15) is 11.1 Å². The fourth-order valence-electron chi connectivity index (χ4n) is 2.20. The molecule has 2 aromatic rings. The van der Waals surface area contributed by atoms with Crippen LogP contribution in [0.15, 0.2) is 60.3 Å².